The van der Waals surface area contributed by atoms with E-state index in [1.807, 2.05) is 0 Å². The van der Waals surface area contributed by atoms with Crippen LogP contribution >= 0.6 is 34.8 Å². The molecular weight excluding hydrogens is 298 g/mol. The number of aromatic nitrogens is 3. The van der Waals surface area contributed by atoms with Gasteiger partial charge >= 0.3 is 0 Å². The van der Waals surface area contributed by atoms with Crippen LogP contribution in [0, 0.1) is 0 Å². The highest BCUT2D eigenvalue weighted by molar-refractivity contribution is 6.44. The van der Waals surface area contributed by atoms with Crippen LogP contribution < -0.4 is 4.90 Å². The number of rotatable bonds is 1. The van der Waals surface area contributed by atoms with Crippen molar-refractivity contribution >= 4 is 40.8 Å². The van der Waals surface area contributed by atoms with Gasteiger partial charge in [-0.3, -0.25) is 4.90 Å². The Kier molecular flexibility index (Phi) is 3.62. The lowest BCUT2D eigenvalue weighted by atomic mass is 10.4. The van der Waals surface area contributed by atoms with Crippen molar-refractivity contribution in [1.29, 1.82) is 0 Å². The van der Waals surface area contributed by atoms with Crippen LogP contribution in [0.15, 0.2) is 22.8 Å². The Balaban J connectivity index is 2.46. The van der Waals surface area contributed by atoms with Gasteiger partial charge in [0.05, 0.1) is 5.03 Å². The van der Waals surface area contributed by atoms with Crippen LogP contribution in [0.2, 0.25) is 0 Å². The quantitative estimate of drug-likeness (QED) is 0.453. The average Bonchev–Trinajstić information content (AvgIpc) is 2.36. The van der Waals surface area contributed by atoms with Gasteiger partial charge in [0.15, 0.2) is 5.50 Å². The van der Waals surface area contributed by atoms with Crippen LogP contribution in [-0.4, -0.2) is 32.0 Å². The van der Waals surface area contributed by atoms with Gasteiger partial charge in [-0.2, -0.15) is 0 Å². The second kappa shape index (κ2) is 4.85. The van der Waals surface area contributed by atoms with Crippen LogP contribution in [-0.2, 0) is 0 Å². The highest BCUT2D eigenvalue weighted by Crippen LogP contribution is 2.37. The van der Waals surface area contributed by atoms with E-state index in [-0.39, 0.29) is 21.3 Å². The first-order valence-electron chi connectivity index (χ1n) is 4.22. The van der Waals surface area contributed by atoms with Gasteiger partial charge in [0.25, 0.3) is 6.42 Å². The third-order valence-corrected chi connectivity index (χ3v) is 3.33. The van der Waals surface area contributed by atoms with E-state index in [2.05, 4.69) is 15.0 Å². The van der Waals surface area contributed by atoms with Crippen molar-refractivity contribution < 1.29 is 8.87 Å². The molecule has 1 aliphatic rings. The molecule has 17 heavy (non-hydrogen) atoms. The van der Waals surface area contributed by atoms with Gasteiger partial charge in [-0.15, -0.1) is 4.48 Å². The number of hydrogen-bond donors (Lipinski definition) is 0. The Hall–Kier alpha value is -0.760. The zero-order valence-electron chi connectivity index (χ0n) is 7.94. The molecule has 0 fully saturated rings. The summed E-state index contributed by atoms with van der Waals surface area (Å²) in [5, 5.41) is -0.844. The monoisotopic (exact) mass is 301 g/mol. The molecule has 0 aromatic carbocycles. The first-order valence-corrected chi connectivity index (χ1v) is 5.42. The minimum Gasteiger partial charge on any atom is -0.253 e. The van der Waals surface area contributed by atoms with Gasteiger partial charge in [0.1, 0.15) is 17.8 Å². The predicted molar refractivity (Wildman–Crippen MR) is 58.5 cm³/mol. The third kappa shape index (κ3) is 2.15. The number of nitrogens with zero attached hydrogens (tertiary/aromatic N) is 5. The molecule has 1 aliphatic heterocycles. The van der Waals surface area contributed by atoms with Crippen LogP contribution in [0.3, 0.4) is 0 Å². The summed E-state index contributed by atoms with van der Waals surface area (Å²) in [4.78, 5) is 11.5. The van der Waals surface area contributed by atoms with Crippen molar-refractivity contribution in [3.63, 3.8) is 0 Å². The van der Waals surface area contributed by atoms with E-state index in [9.17, 15) is 8.87 Å². The summed E-state index contributed by atoms with van der Waals surface area (Å²) in [7, 11) is 0. The Morgan fingerprint density at radius 2 is 1.82 bits per heavy atom. The van der Waals surface area contributed by atoms with E-state index >= 15 is 0 Å². The second-order valence-electron chi connectivity index (χ2n) is 2.94. The summed E-state index contributed by atoms with van der Waals surface area (Å²) in [5.41, 5.74) is -1.49. The van der Waals surface area contributed by atoms with E-state index in [1.54, 1.807) is 0 Å². The zero-order valence-corrected chi connectivity index (χ0v) is 10.2. The summed E-state index contributed by atoms with van der Waals surface area (Å²) in [5.74, 6) is -0.179. The standard InChI is InChI=1S/C7H4Cl3F2N5/c8-3-4(9)16(6(11)17(12)5(3)10)7-14-1-13-2-15-7/h1-2,5-6H. The molecule has 2 unspecified atom stereocenters. The first kappa shape index (κ1) is 12.7. The minimum absolute atomic E-state index is 0.179. The fraction of sp³-hybridized carbons (Fsp3) is 0.286. The van der Waals surface area contributed by atoms with Crippen molar-refractivity contribution in [2.24, 2.45) is 0 Å². The van der Waals surface area contributed by atoms with Gasteiger partial charge < -0.3 is 0 Å². The number of hydrogen-bond acceptors (Lipinski definition) is 5. The number of halogens is 5. The van der Waals surface area contributed by atoms with Gasteiger partial charge in [-0.1, -0.05) is 39.9 Å². The highest BCUT2D eigenvalue weighted by Gasteiger charge is 2.42. The lowest BCUT2D eigenvalue weighted by Crippen LogP contribution is -2.49. The van der Waals surface area contributed by atoms with Gasteiger partial charge in [-0.25, -0.2) is 19.3 Å². The molecule has 92 valence electrons. The first-order chi connectivity index (χ1) is 8.04. The second-order valence-corrected chi connectivity index (χ2v) is 4.12. The van der Waals surface area contributed by atoms with Crippen molar-refractivity contribution in [2.75, 3.05) is 4.90 Å². The van der Waals surface area contributed by atoms with Gasteiger partial charge in [0.2, 0.25) is 5.95 Å². The molecule has 0 spiro atoms. The summed E-state index contributed by atoms with van der Waals surface area (Å²) >= 11 is 17.0. The molecule has 10 heteroatoms. The maximum Gasteiger partial charge on any atom is 0.264 e. The molecule has 1 aromatic rings. The van der Waals surface area contributed by atoms with Gasteiger partial charge in [0, 0.05) is 0 Å². The van der Waals surface area contributed by atoms with E-state index < -0.39 is 11.9 Å². The topological polar surface area (TPSA) is 45.2 Å². The van der Waals surface area contributed by atoms with E-state index in [0.29, 0.717) is 4.90 Å². The molecule has 0 N–H and O–H groups in total. The lowest BCUT2D eigenvalue weighted by molar-refractivity contribution is -0.0853. The minimum atomic E-state index is -2.27. The molecule has 5 nitrogen and oxygen atoms in total. The highest BCUT2D eigenvalue weighted by atomic mass is 35.5. The lowest BCUT2D eigenvalue weighted by Gasteiger charge is -2.35. The van der Waals surface area contributed by atoms with Crippen LogP contribution in [0.25, 0.3) is 0 Å². The molecule has 0 saturated carbocycles. The van der Waals surface area contributed by atoms with Crippen molar-refractivity contribution in [3.05, 3.63) is 22.8 Å². The summed E-state index contributed by atoms with van der Waals surface area (Å²) < 4.78 is 27.1. The molecule has 0 saturated heterocycles. The van der Waals surface area contributed by atoms with Crippen LogP contribution in [0.5, 0.6) is 0 Å². The van der Waals surface area contributed by atoms with Crippen LogP contribution in [0.1, 0.15) is 0 Å². The summed E-state index contributed by atoms with van der Waals surface area (Å²) in [6, 6.07) is 0. The SMILES string of the molecule is FC1N(c2ncncn2)C(Cl)=C(Cl)C(Cl)N1F. The fourth-order valence-electron chi connectivity index (χ4n) is 1.17. The summed E-state index contributed by atoms with van der Waals surface area (Å²) in [6.45, 7) is 0. The van der Waals surface area contributed by atoms with Gasteiger partial charge in [-0.05, 0) is 0 Å². The number of alkyl halides is 2. The predicted octanol–water partition coefficient (Wildman–Crippen LogP) is 2.34. The molecule has 0 aliphatic carbocycles. The zero-order chi connectivity index (χ0) is 12.6. The third-order valence-electron chi connectivity index (χ3n) is 1.95. The molecule has 0 bridgehead atoms. The molecule has 2 rings (SSSR count). The molecule has 2 heterocycles. The molecule has 2 atom stereocenters. The maximum absolute atomic E-state index is 13.7. The Morgan fingerprint density at radius 3 is 2.41 bits per heavy atom. The Morgan fingerprint density at radius 1 is 1.24 bits per heavy atom. The molecule has 1 aromatic heterocycles. The van der Waals surface area contributed by atoms with E-state index in [4.69, 9.17) is 34.8 Å². The molecule has 0 amide bonds. The van der Waals surface area contributed by atoms with E-state index in [1.165, 1.54) is 0 Å². The molecular formula is C7H4Cl3F2N5. The molecule has 0 radical (unpaired) electrons. The average molecular weight is 302 g/mol. The largest absolute Gasteiger partial charge is 0.264 e. The van der Waals surface area contributed by atoms with Crippen LogP contribution in [0.4, 0.5) is 14.8 Å². The smallest absolute Gasteiger partial charge is 0.253 e. The Bertz CT molecular complexity index is 444. The number of anilines is 1. The van der Waals surface area contributed by atoms with Crippen molar-refractivity contribution in [3.8, 4) is 0 Å². The van der Waals surface area contributed by atoms with E-state index in [0.717, 1.165) is 12.7 Å². The normalized spacial score (nSPS) is 26.5. The maximum atomic E-state index is 13.7. The fourth-order valence-corrected chi connectivity index (χ4v) is 1.87. The Labute approximate surface area is 110 Å². The van der Waals surface area contributed by atoms with Crippen molar-refractivity contribution in [1.82, 2.24) is 20.1 Å². The van der Waals surface area contributed by atoms with Crippen molar-refractivity contribution in [2.45, 2.75) is 11.9 Å². The summed E-state index contributed by atoms with van der Waals surface area (Å²) in [6.07, 6.45) is -0.0415.